The molecule has 0 bridgehead atoms. The fourth-order valence-electron chi connectivity index (χ4n) is 4.23. The predicted molar refractivity (Wildman–Crippen MR) is 112 cm³/mol. The number of nitrogens with zero attached hydrogens (tertiary/aromatic N) is 1. The molecule has 0 aromatic heterocycles. The lowest BCUT2D eigenvalue weighted by Gasteiger charge is -2.31. The van der Waals surface area contributed by atoms with E-state index in [0.717, 1.165) is 32.1 Å². The zero-order valence-corrected chi connectivity index (χ0v) is 16.2. The van der Waals surface area contributed by atoms with Gasteiger partial charge in [-0.05, 0) is 44.0 Å². The minimum atomic E-state index is 0.473. The molecular formula is C24H34N2. The Morgan fingerprint density at radius 2 is 1.42 bits per heavy atom. The van der Waals surface area contributed by atoms with Crippen LogP contribution in [0.15, 0.2) is 60.7 Å². The summed E-state index contributed by atoms with van der Waals surface area (Å²) in [5, 5.41) is 3.68. The fourth-order valence-corrected chi connectivity index (χ4v) is 4.23. The Morgan fingerprint density at radius 3 is 2.00 bits per heavy atom. The molecular weight excluding hydrogens is 316 g/mol. The summed E-state index contributed by atoms with van der Waals surface area (Å²) in [6, 6.07) is 22.7. The first-order valence-corrected chi connectivity index (χ1v) is 10.4. The van der Waals surface area contributed by atoms with E-state index >= 15 is 0 Å². The molecule has 1 aliphatic carbocycles. The molecule has 2 aromatic rings. The van der Waals surface area contributed by atoms with Crippen LogP contribution in [0.1, 0.15) is 55.6 Å². The van der Waals surface area contributed by atoms with Crippen LogP contribution in [-0.4, -0.2) is 37.6 Å². The molecule has 2 aromatic carbocycles. The van der Waals surface area contributed by atoms with Crippen LogP contribution in [0.5, 0.6) is 0 Å². The molecule has 0 spiro atoms. The van der Waals surface area contributed by atoms with Gasteiger partial charge in [-0.3, -0.25) is 0 Å². The van der Waals surface area contributed by atoms with Gasteiger partial charge in [0.1, 0.15) is 0 Å². The summed E-state index contributed by atoms with van der Waals surface area (Å²) in [6.45, 7) is 3.31. The van der Waals surface area contributed by atoms with Gasteiger partial charge in [-0.25, -0.2) is 0 Å². The van der Waals surface area contributed by atoms with Crippen molar-refractivity contribution in [3.63, 3.8) is 0 Å². The second-order valence-corrected chi connectivity index (χ2v) is 7.69. The maximum absolute atomic E-state index is 3.68. The average molecular weight is 351 g/mol. The van der Waals surface area contributed by atoms with Crippen LogP contribution in [0.3, 0.4) is 0 Å². The van der Waals surface area contributed by atoms with Crippen molar-refractivity contribution >= 4 is 0 Å². The summed E-state index contributed by atoms with van der Waals surface area (Å²) in [5.74, 6) is 0.473. The molecule has 3 rings (SSSR count). The summed E-state index contributed by atoms with van der Waals surface area (Å²) >= 11 is 0. The monoisotopic (exact) mass is 350 g/mol. The Bertz CT molecular complexity index is 565. The number of benzene rings is 2. The van der Waals surface area contributed by atoms with E-state index < -0.39 is 0 Å². The number of hydrogen-bond donors (Lipinski definition) is 1. The van der Waals surface area contributed by atoms with E-state index in [2.05, 4.69) is 77.9 Å². The SMILES string of the molecule is CN(CCNCCC(c1ccccc1)c1ccccc1)C1CCCCC1. The third-order valence-electron chi connectivity index (χ3n) is 5.85. The van der Waals surface area contributed by atoms with E-state index in [0.29, 0.717) is 5.92 Å². The lowest BCUT2D eigenvalue weighted by Crippen LogP contribution is -2.38. The van der Waals surface area contributed by atoms with Crippen molar-refractivity contribution in [3.8, 4) is 0 Å². The standard InChI is InChI=1S/C24H34N2/c1-26(23-15-9-4-10-16-23)20-19-25-18-17-24(21-11-5-2-6-12-21)22-13-7-3-8-14-22/h2-3,5-8,11-14,23-25H,4,9-10,15-20H2,1H3. The summed E-state index contributed by atoms with van der Waals surface area (Å²) < 4.78 is 0. The Balaban J connectivity index is 1.46. The van der Waals surface area contributed by atoms with E-state index in [4.69, 9.17) is 0 Å². The Kier molecular flexibility index (Phi) is 7.72. The molecule has 0 aliphatic heterocycles. The quantitative estimate of drug-likeness (QED) is 0.636. The van der Waals surface area contributed by atoms with E-state index in [1.165, 1.54) is 43.2 Å². The van der Waals surface area contributed by atoms with E-state index in [9.17, 15) is 0 Å². The lowest BCUT2D eigenvalue weighted by atomic mass is 9.88. The van der Waals surface area contributed by atoms with E-state index in [1.54, 1.807) is 0 Å². The highest BCUT2D eigenvalue weighted by molar-refractivity contribution is 5.32. The highest BCUT2D eigenvalue weighted by atomic mass is 15.1. The summed E-state index contributed by atoms with van der Waals surface area (Å²) in [7, 11) is 2.30. The zero-order chi connectivity index (χ0) is 18.0. The summed E-state index contributed by atoms with van der Waals surface area (Å²) in [4.78, 5) is 2.57. The molecule has 26 heavy (non-hydrogen) atoms. The van der Waals surface area contributed by atoms with Gasteiger partial charge in [0.25, 0.3) is 0 Å². The summed E-state index contributed by atoms with van der Waals surface area (Å²) in [5.41, 5.74) is 2.83. The van der Waals surface area contributed by atoms with Gasteiger partial charge >= 0.3 is 0 Å². The van der Waals surface area contributed by atoms with Crippen LogP contribution in [0.2, 0.25) is 0 Å². The molecule has 0 unspecified atom stereocenters. The van der Waals surface area contributed by atoms with E-state index in [-0.39, 0.29) is 0 Å². The first-order valence-electron chi connectivity index (χ1n) is 10.4. The third kappa shape index (κ3) is 5.69. The largest absolute Gasteiger partial charge is 0.315 e. The molecule has 0 amide bonds. The van der Waals surface area contributed by atoms with Gasteiger partial charge in [0.05, 0.1) is 0 Å². The first kappa shape index (κ1) is 19.1. The van der Waals surface area contributed by atoms with Gasteiger partial charge in [0.2, 0.25) is 0 Å². The molecule has 1 aliphatic rings. The molecule has 0 saturated heterocycles. The third-order valence-corrected chi connectivity index (χ3v) is 5.85. The van der Waals surface area contributed by atoms with Crippen molar-refractivity contribution in [2.24, 2.45) is 0 Å². The Morgan fingerprint density at radius 1 is 0.846 bits per heavy atom. The highest BCUT2D eigenvalue weighted by Crippen LogP contribution is 2.27. The van der Waals surface area contributed by atoms with Crippen molar-refractivity contribution in [1.29, 1.82) is 0 Å². The van der Waals surface area contributed by atoms with Crippen molar-refractivity contribution in [2.75, 3.05) is 26.7 Å². The normalized spacial score (nSPS) is 15.7. The lowest BCUT2D eigenvalue weighted by molar-refractivity contribution is 0.192. The molecule has 1 fully saturated rings. The Labute approximate surface area is 159 Å². The van der Waals surface area contributed by atoms with Crippen LogP contribution in [-0.2, 0) is 0 Å². The van der Waals surface area contributed by atoms with Crippen LogP contribution in [0.4, 0.5) is 0 Å². The summed E-state index contributed by atoms with van der Waals surface area (Å²) in [6.07, 6.45) is 8.18. The van der Waals surface area contributed by atoms with Crippen LogP contribution >= 0.6 is 0 Å². The van der Waals surface area contributed by atoms with Gasteiger partial charge in [0.15, 0.2) is 0 Å². The molecule has 140 valence electrons. The van der Waals surface area contributed by atoms with Crippen LogP contribution in [0.25, 0.3) is 0 Å². The van der Waals surface area contributed by atoms with Gasteiger partial charge in [-0.2, -0.15) is 0 Å². The second-order valence-electron chi connectivity index (χ2n) is 7.69. The fraction of sp³-hybridized carbons (Fsp3) is 0.500. The minimum Gasteiger partial charge on any atom is -0.315 e. The van der Waals surface area contributed by atoms with E-state index in [1.807, 2.05) is 0 Å². The molecule has 0 heterocycles. The predicted octanol–water partition coefficient (Wildman–Crippen LogP) is 5.06. The van der Waals surface area contributed by atoms with Crippen LogP contribution in [0, 0.1) is 0 Å². The molecule has 1 saturated carbocycles. The number of hydrogen-bond acceptors (Lipinski definition) is 2. The van der Waals surface area contributed by atoms with Crippen molar-refractivity contribution < 1.29 is 0 Å². The first-order chi connectivity index (χ1) is 12.8. The molecule has 1 N–H and O–H groups in total. The highest BCUT2D eigenvalue weighted by Gasteiger charge is 2.17. The topological polar surface area (TPSA) is 15.3 Å². The second kappa shape index (κ2) is 10.5. The minimum absolute atomic E-state index is 0.473. The molecule has 2 heteroatoms. The van der Waals surface area contributed by atoms with Crippen LogP contribution < -0.4 is 5.32 Å². The van der Waals surface area contributed by atoms with Crippen molar-refractivity contribution in [2.45, 2.75) is 50.5 Å². The van der Waals surface area contributed by atoms with Gasteiger partial charge in [-0.1, -0.05) is 79.9 Å². The van der Waals surface area contributed by atoms with Gasteiger partial charge < -0.3 is 10.2 Å². The molecule has 2 nitrogen and oxygen atoms in total. The number of nitrogens with one attached hydrogen (secondary N) is 1. The maximum Gasteiger partial charge on any atom is 0.0107 e. The Hall–Kier alpha value is -1.64. The van der Waals surface area contributed by atoms with Gasteiger partial charge in [-0.15, -0.1) is 0 Å². The maximum atomic E-state index is 3.68. The number of likely N-dealkylation sites (N-methyl/N-ethyl adjacent to an activating group) is 1. The smallest absolute Gasteiger partial charge is 0.0107 e. The molecule has 0 atom stereocenters. The van der Waals surface area contributed by atoms with Crippen molar-refractivity contribution in [3.05, 3.63) is 71.8 Å². The number of rotatable bonds is 9. The average Bonchev–Trinajstić information content (AvgIpc) is 2.72. The molecule has 0 radical (unpaired) electrons. The zero-order valence-electron chi connectivity index (χ0n) is 16.2. The van der Waals surface area contributed by atoms with Gasteiger partial charge in [0, 0.05) is 25.0 Å². The van der Waals surface area contributed by atoms with Crippen molar-refractivity contribution in [1.82, 2.24) is 10.2 Å².